The highest BCUT2D eigenvalue weighted by Gasteiger charge is 2.07. The van der Waals surface area contributed by atoms with Gasteiger partial charge in [-0.3, -0.25) is 4.68 Å². The van der Waals surface area contributed by atoms with Gasteiger partial charge in [0, 0.05) is 12.1 Å². The van der Waals surface area contributed by atoms with E-state index >= 15 is 0 Å². The molecular formula is C12H15FN4. The molecule has 0 radical (unpaired) electrons. The summed E-state index contributed by atoms with van der Waals surface area (Å²) in [6, 6.07) is 4.65. The van der Waals surface area contributed by atoms with E-state index in [4.69, 9.17) is 5.73 Å². The molecule has 5 heteroatoms. The van der Waals surface area contributed by atoms with Crippen molar-refractivity contribution < 1.29 is 4.39 Å². The Morgan fingerprint density at radius 3 is 2.94 bits per heavy atom. The second kappa shape index (κ2) is 5.05. The molecule has 0 atom stereocenters. The molecular weight excluding hydrogens is 219 g/mol. The minimum atomic E-state index is -0.234. The van der Waals surface area contributed by atoms with Crippen molar-refractivity contribution in [1.82, 2.24) is 15.0 Å². The van der Waals surface area contributed by atoms with Crippen molar-refractivity contribution in [3.8, 4) is 11.3 Å². The Kier molecular flexibility index (Phi) is 3.49. The number of aryl methyl sites for hydroxylation is 2. The average Bonchev–Trinajstić information content (AvgIpc) is 2.75. The Bertz CT molecular complexity index is 507. The van der Waals surface area contributed by atoms with Gasteiger partial charge < -0.3 is 5.73 Å². The van der Waals surface area contributed by atoms with E-state index in [2.05, 4.69) is 10.3 Å². The monoisotopic (exact) mass is 234 g/mol. The SMILES string of the molecule is Cc1cc(F)ccc1-c1cn(CCCN)nn1. The highest BCUT2D eigenvalue weighted by Crippen LogP contribution is 2.21. The summed E-state index contributed by atoms with van der Waals surface area (Å²) in [7, 11) is 0. The largest absolute Gasteiger partial charge is 0.330 e. The first kappa shape index (κ1) is 11.7. The topological polar surface area (TPSA) is 56.7 Å². The van der Waals surface area contributed by atoms with Crippen LogP contribution in [-0.4, -0.2) is 21.5 Å². The Morgan fingerprint density at radius 2 is 2.24 bits per heavy atom. The van der Waals surface area contributed by atoms with Gasteiger partial charge >= 0.3 is 0 Å². The maximum Gasteiger partial charge on any atom is 0.123 e. The van der Waals surface area contributed by atoms with Crippen molar-refractivity contribution in [2.75, 3.05) is 6.54 Å². The normalized spacial score (nSPS) is 10.8. The van der Waals surface area contributed by atoms with Gasteiger partial charge in [0.1, 0.15) is 11.5 Å². The molecule has 2 N–H and O–H groups in total. The fraction of sp³-hybridized carbons (Fsp3) is 0.333. The number of benzene rings is 1. The first-order chi connectivity index (χ1) is 8.20. The summed E-state index contributed by atoms with van der Waals surface area (Å²) in [5.41, 5.74) is 7.96. The van der Waals surface area contributed by atoms with E-state index < -0.39 is 0 Å². The van der Waals surface area contributed by atoms with Gasteiger partial charge in [-0.2, -0.15) is 0 Å². The van der Waals surface area contributed by atoms with Crippen LogP contribution in [0.3, 0.4) is 0 Å². The first-order valence-corrected chi connectivity index (χ1v) is 5.57. The third-order valence-corrected chi connectivity index (χ3v) is 2.59. The van der Waals surface area contributed by atoms with Crippen molar-refractivity contribution in [2.24, 2.45) is 5.73 Å². The summed E-state index contributed by atoms with van der Waals surface area (Å²) < 4.78 is 14.7. The quantitative estimate of drug-likeness (QED) is 0.876. The highest BCUT2D eigenvalue weighted by molar-refractivity contribution is 5.62. The van der Waals surface area contributed by atoms with Crippen LogP contribution in [0.25, 0.3) is 11.3 Å². The van der Waals surface area contributed by atoms with Gasteiger partial charge in [0.05, 0.1) is 6.20 Å². The molecule has 0 fully saturated rings. The number of rotatable bonds is 4. The average molecular weight is 234 g/mol. The molecule has 0 saturated carbocycles. The Balaban J connectivity index is 2.24. The number of hydrogen-bond acceptors (Lipinski definition) is 3. The first-order valence-electron chi connectivity index (χ1n) is 5.57. The lowest BCUT2D eigenvalue weighted by atomic mass is 10.1. The summed E-state index contributed by atoms with van der Waals surface area (Å²) in [5, 5.41) is 8.09. The number of nitrogens with zero attached hydrogens (tertiary/aromatic N) is 3. The van der Waals surface area contributed by atoms with E-state index in [1.54, 1.807) is 10.7 Å². The second-order valence-corrected chi connectivity index (χ2v) is 3.97. The molecule has 4 nitrogen and oxygen atoms in total. The lowest BCUT2D eigenvalue weighted by Crippen LogP contribution is -2.06. The Hall–Kier alpha value is -1.75. The highest BCUT2D eigenvalue weighted by atomic mass is 19.1. The minimum absolute atomic E-state index is 0.234. The predicted octanol–water partition coefficient (Wildman–Crippen LogP) is 1.74. The molecule has 1 aromatic carbocycles. The van der Waals surface area contributed by atoms with E-state index in [9.17, 15) is 4.39 Å². The van der Waals surface area contributed by atoms with Gasteiger partial charge in [0.25, 0.3) is 0 Å². The summed E-state index contributed by atoms with van der Waals surface area (Å²) in [4.78, 5) is 0. The zero-order chi connectivity index (χ0) is 12.3. The standard InChI is InChI=1S/C12H15FN4/c1-9-7-10(13)3-4-11(9)12-8-17(16-15-12)6-2-5-14/h3-4,7-8H,2,5-6,14H2,1H3. The van der Waals surface area contributed by atoms with Crippen LogP contribution in [-0.2, 0) is 6.54 Å². The molecule has 2 aromatic rings. The molecule has 0 bridgehead atoms. The molecule has 0 aliphatic heterocycles. The number of hydrogen-bond donors (Lipinski definition) is 1. The Morgan fingerprint density at radius 1 is 1.41 bits per heavy atom. The lowest BCUT2D eigenvalue weighted by molar-refractivity contribution is 0.564. The van der Waals surface area contributed by atoms with Gasteiger partial charge in [0.2, 0.25) is 0 Å². The minimum Gasteiger partial charge on any atom is -0.330 e. The lowest BCUT2D eigenvalue weighted by Gasteiger charge is -2.01. The molecule has 0 saturated heterocycles. The van der Waals surface area contributed by atoms with E-state index in [0.29, 0.717) is 6.54 Å². The number of aromatic nitrogens is 3. The summed E-state index contributed by atoms with van der Waals surface area (Å²) in [5.74, 6) is -0.234. The molecule has 0 unspecified atom stereocenters. The summed E-state index contributed by atoms with van der Waals surface area (Å²) >= 11 is 0. The predicted molar refractivity (Wildman–Crippen MR) is 63.8 cm³/mol. The molecule has 0 aliphatic carbocycles. The van der Waals surface area contributed by atoms with Crippen LogP contribution in [0.4, 0.5) is 4.39 Å². The van der Waals surface area contributed by atoms with Crippen molar-refractivity contribution in [2.45, 2.75) is 19.9 Å². The van der Waals surface area contributed by atoms with Crippen LogP contribution < -0.4 is 5.73 Å². The smallest absolute Gasteiger partial charge is 0.123 e. The second-order valence-electron chi connectivity index (χ2n) is 3.97. The zero-order valence-corrected chi connectivity index (χ0v) is 9.73. The van der Waals surface area contributed by atoms with Crippen molar-refractivity contribution >= 4 is 0 Å². The fourth-order valence-electron chi connectivity index (χ4n) is 1.70. The summed E-state index contributed by atoms with van der Waals surface area (Å²) in [6.45, 7) is 3.24. The van der Waals surface area contributed by atoms with Gasteiger partial charge in [-0.05, 0) is 43.7 Å². The molecule has 1 heterocycles. The third-order valence-electron chi connectivity index (χ3n) is 2.59. The summed E-state index contributed by atoms with van der Waals surface area (Å²) in [6.07, 6.45) is 2.72. The van der Waals surface area contributed by atoms with E-state index in [1.165, 1.54) is 12.1 Å². The van der Waals surface area contributed by atoms with Crippen LogP contribution in [0, 0.1) is 12.7 Å². The van der Waals surface area contributed by atoms with Gasteiger partial charge in [-0.1, -0.05) is 5.21 Å². The number of nitrogens with two attached hydrogens (primary N) is 1. The maximum absolute atomic E-state index is 13.0. The number of halogens is 1. The fourth-order valence-corrected chi connectivity index (χ4v) is 1.70. The Labute approximate surface area is 99.2 Å². The zero-order valence-electron chi connectivity index (χ0n) is 9.73. The van der Waals surface area contributed by atoms with Crippen LogP contribution in [0.5, 0.6) is 0 Å². The van der Waals surface area contributed by atoms with E-state index in [1.807, 2.05) is 13.1 Å². The molecule has 1 aromatic heterocycles. The molecule has 0 spiro atoms. The molecule has 2 rings (SSSR count). The third kappa shape index (κ3) is 2.68. The van der Waals surface area contributed by atoms with Crippen molar-refractivity contribution in [3.63, 3.8) is 0 Å². The van der Waals surface area contributed by atoms with Crippen molar-refractivity contribution in [1.29, 1.82) is 0 Å². The molecule has 0 amide bonds. The van der Waals surface area contributed by atoms with E-state index in [-0.39, 0.29) is 5.82 Å². The van der Waals surface area contributed by atoms with Crippen LogP contribution >= 0.6 is 0 Å². The van der Waals surface area contributed by atoms with Crippen molar-refractivity contribution in [3.05, 3.63) is 35.8 Å². The van der Waals surface area contributed by atoms with Crippen LogP contribution in [0.15, 0.2) is 24.4 Å². The molecule has 90 valence electrons. The van der Waals surface area contributed by atoms with Gasteiger partial charge in [-0.25, -0.2) is 4.39 Å². The molecule has 17 heavy (non-hydrogen) atoms. The van der Waals surface area contributed by atoms with Gasteiger partial charge in [-0.15, -0.1) is 5.10 Å². The van der Waals surface area contributed by atoms with Crippen LogP contribution in [0.2, 0.25) is 0 Å². The van der Waals surface area contributed by atoms with Gasteiger partial charge in [0.15, 0.2) is 0 Å². The van der Waals surface area contributed by atoms with E-state index in [0.717, 1.165) is 29.8 Å². The maximum atomic E-state index is 13.0. The molecule has 0 aliphatic rings. The van der Waals surface area contributed by atoms with Crippen LogP contribution in [0.1, 0.15) is 12.0 Å².